The average Bonchev–Trinajstić information content (AvgIpc) is 2.41. The van der Waals surface area contributed by atoms with Gasteiger partial charge in [-0.25, -0.2) is 0 Å². The van der Waals surface area contributed by atoms with E-state index in [2.05, 4.69) is 0 Å². The van der Waals surface area contributed by atoms with Gasteiger partial charge in [-0.1, -0.05) is 35.9 Å². The maximum Gasteiger partial charge on any atom is 0.416 e. The molecule has 0 aliphatic heterocycles. The first-order valence-corrected chi connectivity index (χ1v) is 6.83. The third-order valence-corrected chi connectivity index (χ3v) is 3.67. The van der Waals surface area contributed by atoms with Crippen LogP contribution < -0.4 is 5.73 Å². The number of nitrogens with two attached hydrogens (primary N) is 1. The molecular weight excluding hydrogens is 299 g/mol. The molecule has 0 radical (unpaired) electrons. The molecule has 0 bridgehead atoms. The fourth-order valence-corrected chi connectivity index (χ4v) is 2.40. The Bertz CT molecular complexity index is 620. The normalized spacial score (nSPS) is 13.2. The van der Waals surface area contributed by atoms with Gasteiger partial charge in [0.1, 0.15) is 0 Å². The molecule has 0 saturated heterocycles. The van der Waals surface area contributed by atoms with Gasteiger partial charge in [0.25, 0.3) is 0 Å². The largest absolute Gasteiger partial charge is 0.416 e. The first-order valence-electron chi connectivity index (χ1n) is 6.45. The van der Waals surface area contributed by atoms with E-state index in [1.807, 2.05) is 25.1 Å². The van der Waals surface area contributed by atoms with Crippen LogP contribution in [0.3, 0.4) is 0 Å². The second kappa shape index (κ2) is 6.08. The summed E-state index contributed by atoms with van der Waals surface area (Å²) in [5.41, 5.74) is 7.96. The summed E-state index contributed by atoms with van der Waals surface area (Å²) in [6.45, 7) is 1.94. The van der Waals surface area contributed by atoms with Crippen molar-refractivity contribution < 1.29 is 13.2 Å². The molecule has 0 saturated carbocycles. The second-order valence-electron chi connectivity index (χ2n) is 5.03. The molecule has 0 amide bonds. The highest BCUT2D eigenvalue weighted by Gasteiger charge is 2.30. The molecule has 2 rings (SSSR count). The summed E-state index contributed by atoms with van der Waals surface area (Å²) < 4.78 is 37.5. The van der Waals surface area contributed by atoms with E-state index in [1.165, 1.54) is 12.1 Å². The average molecular weight is 314 g/mol. The van der Waals surface area contributed by atoms with E-state index >= 15 is 0 Å². The van der Waals surface area contributed by atoms with Gasteiger partial charge in [0.15, 0.2) is 0 Å². The molecule has 1 unspecified atom stereocenters. The fourth-order valence-electron chi connectivity index (χ4n) is 2.09. The Morgan fingerprint density at radius 3 is 2.24 bits per heavy atom. The van der Waals surface area contributed by atoms with Crippen LogP contribution in [-0.4, -0.2) is 0 Å². The van der Waals surface area contributed by atoms with Gasteiger partial charge >= 0.3 is 6.18 Å². The van der Waals surface area contributed by atoms with Crippen LogP contribution >= 0.6 is 11.6 Å². The summed E-state index contributed by atoms with van der Waals surface area (Å²) in [5.74, 6) is 0. The van der Waals surface area contributed by atoms with Crippen molar-refractivity contribution >= 4 is 11.6 Å². The second-order valence-corrected chi connectivity index (χ2v) is 5.43. The number of benzene rings is 2. The minimum absolute atomic E-state index is 0.396. The Labute approximate surface area is 126 Å². The molecule has 2 aromatic rings. The Morgan fingerprint density at radius 1 is 1.10 bits per heavy atom. The topological polar surface area (TPSA) is 26.0 Å². The van der Waals surface area contributed by atoms with E-state index < -0.39 is 17.8 Å². The Balaban J connectivity index is 2.15. The van der Waals surface area contributed by atoms with E-state index in [0.717, 1.165) is 23.3 Å². The van der Waals surface area contributed by atoms with Gasteiger partial charge < -0.3 is 5.73 Å². The number of aryl methyl sites for hydroxylation is 1. The Morgan fingerprint density at radius 2 is 1.71 bits per heavy atom. The lowest BCUT2D eigenvalue weighted by atomic mass is 9.98. The van der Waals surface area contributed by atoms with Crippen molar-refractivity contribution in [3.05, 3.63) is 69.7 Å². The monoisotopic (exact) mass is 313 g/mol. The molecule has 0 aromatic heterocycles. The molecule has 1 nitrogen and oxygen atoms in total. The molecule has 112 valence electrons. The van der Waals surface area contributed by atoms with Crippen molar-refractivity contribution in [3.63, 3.8) is 0 Å². The lowest BCUT2D eigenvalue weighted by Gasteiger charge is -2.15. The molecule has 21 heavy (non-hydrogen) atoms. The Hall–Kier alpha value is -1.52. The zero-order chi connectivity index (χ0) is 15.6. The molecule has 5 heteroatoms. The van der Waals surface area contributed by atoms with Crippen LogP contribution in [0.1, 0.15) is 28.3 Å². The van der Waals surface area contributed by atoms with Crippen LogP contribution in [0.25, 0.3) is 0 Å². The summed E-state index contributed by atoms with van der Waals surface area (Å²) in [6.07, 6.45) is -3.85. The van der Waals surface area contributed by atoms with E-state index in [4.69, 9.17) is 17.3 Å². The standard InChI is InChI=1S/C16H15ClF3N/c1-10-2-3-12(14(17)8-10)9-15(21)11-4-6-13(7-5-11)16(18,19)20/h2-8,15H,9,21H2,1H3. The molecule has 0 spiro atoms. The first kappa shape index (κ1) is 15.9. The summed E-state index contributed by atoms with van der Waals surface area (Å²) in [6, 6.07) is 10.2. The zero-order valence-corrected chi connectivity index (χ0v) is 12.2. The molecular formula is C16H15ClF3N. The number of halogens is 4. The molecule has 0 heterocycles. The first-order chi connectivity index (χ1) is 9.77. The van der Waals surface area contributed by atoms with Crippen molar-refractivity contribution in [2.45, 2.75) is 25.6 Å². The highest BCUT2D eigenvalue weighted by atomic mass is 35.5. The van der Waals surface area contributed by atoms with E-state index in [-0.39, 0.29) is 0 Å². The maximum atomic E-state index is 12.5. The molecule has 0 aliphatic carbocycles. The van der Waals surface area contributed by atoms with E-state index in [1.54, 1.807) is 0 Å². The third-order valence-electron chi connectivity index (χ3n) is 3.31. The van der Waals surface area contributed by atoms with Crippen LogP contribution in [0.15, 0.2) is 42.5 Å². The van der Waals surface area contributed by atoms with Crippen LogP contribution in [0.2, 0.25) is 5.02 Å². The van der Waals surface area contributed by atoms with E-state index in [9.17, 15) is 13.2 Å². The van der Waals surface area contributed by atoms with Crippen molar-refractivity contribution in [3.8, 4) is 0 Å². The van der Waals surface area contributed by atoms with Gasteiger partial charge in [0.05, 0.1) is 5.56 Å². The highest BCUT2D eigenvalue weighted by molar-refractivity contribution is 6.31. The van der Waals surface area contributed by atoms with Gasteiger partial charge in [-0.3, -0.25) is 0 Å². The minimum Gasteiger partial charge on any atom is -0.324 e. The van der Waals surface area contributed by atoms with Crippen LogP contribution in [0, 0.1) is 6.92 Å². The smallest absolute Gasteiger partial charge is 0.324 e. The number of hydrogen-bond acceptors (Lipinski definition) is 1. The Kier molecular flexibility index (Phi) is 4.59. The lowest BCUT2D eigenvalue weighted by molar-refractivity contribution is -0.137. The third kappa shape index (κ3) is 3.99. The molecule has 0 fully saturated rings. The SMILES string of the molecule is Cc1ccc(CC(N)c2ccc(C(F)(F)F)cc2)c(Cl)c1. The highest BCUT2D eigenvalue weighted by Crippen LogP contribution is 2.30. The molecule has 2 aromatic carbocycles. The van der Waals surface area contributed by atoms with Crippen LogP contribution in [0.4, 0.5) is 13.2 Å². The maximum absolute atomic E-state index is 12.5. The number of alkyl halides is 3. The summed E-state index contributed by atoms with van der Waals surface area (Å²) in [5, 5.41) is 0.623. The quantitative estimate of drug-likeness (QED) is 0.856. The minimum atomic E-state index is -4.33. The van der Waals surface area contributed by atoms with Crippen LogP contribution in [0.5, 0.6) is 0 Å². The molecule has 0 aliphatic rings. The lowest BCUT2D eigenvalue weighted by Crippen LogP contribution is -2.14. The molecule has 1 atom stereocenters. The van der Waals surface area contributed by atoms with Gasteiger partial charge in [0, 0.05) is 11.1 Å². The van der Waals surface area contributed by atoms with Crippen LogP contribution in [-0.2, 0) is 12.6 Å². The van der Waals surface area contributed by atoms with Gasteiger partial charge in [-0.15, -0.1) is 0 Å². The van der Waals surface area contributed by atoms with Gasteiger partial charge in [-0.2, -0.15) is 13.2 Å². The van der Waals surface area contributed by atoms with Crippen molar-refractivity contribution in [2.75, 3.05) is 0 Å². The van der Waals surface area contributed by atoms with E-state index in [0.29, 0.717) is 17.0 Å². The summed E-state index contributed by atoms with van der Waals surface area (Å²) in [4.78, 5) is 0. The van der Waals surface area contributed by atoms with Gasteiger partial charge in [0.2, 0.25) is 0 Å². The summed E-state index contributed by atoms with van der Waals surface area (Å²) >= 11 is 6.14. The van der Waals surface area contributed by atoms with Gasteiger partial charge in [-0.05, 0) is 48.2 Å². The number of hydrogen-bond donors (Lipinski definition) is 1. The number of rotatable bonds is 3. The summed E-state index contributed by atoms with van der Waals surface area (Å²) in [7, 11) is 0. The zero-order valence-electron chi connectivity index (χ0n) is 11.4. The molecule has 2 N–H and O–H groups in total. The van der Waals surface area contributed by atoms with Crippen molar-refractivity contribution in [1.82, 2.24) is 0 Å². The van der Waals surface area contributed by atoms with Crippen molar-refractivity contribution in [2.24, 2.45) is 5.73 Å². The predicted molar refractivity (Wildman–Crippen MR) is 78.3 cm³/mol. The van der Waals surface area contributed by atoms with Crippen molar-refractivity contribution in [1.29, 1.82) is 0 Å². The fraction of sp³-hybridized carbons (Fsp3) is 0.250. The predicted octanol–water partition coefficient (Wildman–Crippen LogP) is 4.91.